The van der Waals surface area contributed by atoms with E-state index in [0.29, 0.717) is 4.90 Å². The Labute approximate surface area is 118 Å². The van der Waals surface area contributed by atoms with E-state index < -0.39 is 0 Å². The average molecular weight is 275 g/mol. The molecule has 3 heteroatoms. The maximum absolute atomic E-state index is 13.8. The third kappa shape index (κ3) is 3.37. The van der Waals surface area contributed by atoms with E-state index in [2.05, 4.69) is 19.1 Å². The molecule has 2 rings (SSSR count). The van der Waals surface area contributed by atoms with Crippen molar-refractivity contribution in [1.29, 1.82) is 0 Å². The molecule has 0 fully saturated rings. The molecule has 2 atom stereocenters. The molecule has 0 saturated heterocycles. The summed E-state index contributed by atoms with van der Waals surface area (Å²) in [5.74, 6) is -0.188. The Kier molecular flexibility index (Phi) is 4.61. The molecule has 0 radical (unpaired) electrons. The van der Waals surface area contributed by atoms with E-state index in [0.717, 1.165) is 0 Å². The molecule has 0 aliphatic heterocycles. The maximum atomic E-state index is 13.8. The number of hydrogen-bond donors (Lipinski definition) is 1. The Bertz CT molecular complexity index is 554. The smallest absolute Gasteiger partial charge is 0.136 e. The summed E-state index contributed by atoms with van der Waals surface area (Å²) in [6.07, 6.45) is 0. The minimum absolute atomic E-state index is 0.0503. The van der Waals surface area contributed by atoms with Crippen LogP contribution in [-0.2, 0) is 0 Å². The van der Waals surface area contributed by atoms with Gasteiger partial charge in [-0.1, -0.05) is 36.4 Å². The SMILES string of the molecule is Cc1ccccc1C(Sc1ccccc1F)C(C)N. The van der Waals surface area contributed by atoms with Crippen LogP contribution in [0.15, 0.2) is 53.4 Å². The van der Waals surface area contributed by atoms with Crippen molar-refractivity contribution in [3.8, 4) is 0 Å². The summed E-state index contributed by atoms with van der Waals surface area (Å²) in [5, 5.41) is 0.0538. The summed E-state index contributed by atoms with van der Waals surface area (Å²) in [6, 6.07) is 14.9. The molecule has 1 nitrogen and oxygen atoms in total. The summed E-state index contributed by atoms with van der Waals surface area (Å²) in [4.78, 5) is 0.646. The Morgan fingerprint density at radius 1 is 1.05 bits per heavy atom. The fourth-order valence-corrected chi connectivity index (χ4v) is 3.25. The van der Waals surface area contributed by atoms with Crippen LogP contribution in [0.4, 0.5) is 4.39 Å². The highest BCUT2D eigenvalue weighted by Gasteiger charge is 2.20. The van der Waals surface area contributed by atoms with Gasteiger partial charge < -0.3 is 5.73 Å². The van der Waals surface area contributed by atoms with Crippen molar-refractivity contribution in [3.63, 3.8) is 0 Å². The van der Waals surface area contributed by atoms with Crippen LogP contribution in [-0.4, -0.2) is 6.04 Å². The lowest BCUT2D eigenvalue weighted by Gasteiger charge is -2.22. The van der Waals surface area contributed by atoms with Gasteiger partial charge in [0.25, 0.3) is 0 Å². The van der Waals surface area contributed by atoms with Crippen molar-refractivity contribution in [3.05, 3.63) is 65.5 Å². The number of benzene rings is 2. The summed E-state index contributed by atoms with van der Waals surface area (Å²) in [6.45, 7) is 4.03. The predicted molar refractivity (Wildman–Crippen MR) is 79.8 cm³/mol. The number of thioether (sulfide) groups is 1. The van der Waals surface area contributed by atoms with Crippen molar-refractivity contribution in [2.24, 2.45) is 5.73 Å². The molecule has 19 heavy (non-hydrogen) atoms. The van der Waals surface area contributed by atoms with Crippen LogP contribution in [0.3, 0.4) is 0 Å². The summed E-state index contributed by atoms with van der Waals surface area (Å²) < 4.78 is 13.8. The lowest BCUT2D eigenvalue weighted by atomic mass is 10.0. The van der Waals surface area contributed by atoms with Gasteiger partial charge in [-0.15, -0.1) is 11.8 Å². The molecule has 0 aromatic heterocycles. The first-order valence-corrected chi connectivity index (χ1v) is 7.20. The second kappa shape index (κ2) is 6.22. The van der Waals surface area contributed by atoms with Crippen molar-refractivity contribution < 1.29 is 4.39 Å². The first-order chi connectivity index (χ1) is 9.09. The second-order valence-electron chi connectivity index (χ2n) is 4.68. The Morgan fingerprint density at radius 3 is 2.32 bits per heavy atom. The van der Waals surface area contributed by atoms with E-state index in [9.17, 15) is 4.39 Å². The fraction of sp³-hybridized carbons (Fsp3) is 0.250. The van der Waals surface area contributed by atoms with E-state index in [1.165, 1.54) is 29.0 Å². The molecule has 0 aliphatic carbocycles. The van der Waals surface area contributed by atoms with Crippen LogP contribution in [0, 0.1) is 12.7 Å². The van der Waals surface area contributed by atoms with Gasteiger partial charge >= 0.3 is 0 Å². The molecule has 2 N–H and O–H groups in total. The van der Waals surface area contributed by atoms with Gasteiger partial charge in [0.05, 0.1) is 0 Å². The van der Waals surface area contributed by atoms with E-state index in [1.54, 1.807) is 12.1 Å². The highest BCUT2D eigenvalue weighted by atomic mass is 32.2. The molecule has 0 aliphatic rings. The molecule has 100 valence electrons. The van der Waals surface area contributed by atoms with E-state index in [1.807, 2.05) is 25.1 Å². The van der Waals surface area contributed by atoms with Crippen LogP contribution in [0.1, 0.15) is 23.3 Å². The Hall–Kier alpha value is -1.32. The first-order valence-electron chi connectivity index (χ1n) is 6.32. The normalized spacial score (nSPS) is 14.1. The second-order valence-corrected chi connectivity index (χ2v) is 5.87. The predicted octanol–water partition coefficient (Wildman–Crippen LogP) is 4.31. The van der Waals surface area contributed by atoms with E-state index in [4.69, 9.17) is 5.73 Å². The molecular formula is C16H18FNS. The number of halogens is 1. The number of hydrogen-bond acceptors (Lipinski definition) is 2. The van der Waals surface area contributed by atoms with Gasteiger partial charge in [-0.25, -0.2) is 4.39 Å². The molecule has 0 saturated carbocycles. The fourth-order valence-electron chi connectivity index (χ4n) is 2.04. The van der Waals surface area contributed by atoms with Crippen molar-refractivity contribution in [1.82, 2.24) is 0 Å². The Morgan fingerprint density at radius 2 is 1.68 bits per heavy atom. The van der Waals surface area contributed by atoms with E-state index >= 15 is 0 Å². The van der Waals surface area contributed by atoms with Crippen LogP contribution >= 0.6 is 11.8 Å². The monoisotopic (exact) mass is 275 g/mol. The minimum Gasteiger partial charge on any atom is -0.327 e. The van der Waals surface area contributed by atoms with Gasteiger partial charge in [-0.3, -0.25) is 0 Å². The first kappa shape index (κ1) is 14.1. The topological polar surface area (TPSA) is 26.0 Å². The molecular weight excluding hydrogens is 257 g/mol. The third-order valence-corrected chi connectivity index (χ3v) is 4.59. The summed E-state index contributed by atoms with van der Waals surface area (Å²) in [5.41, 5.74) is 8.45. The van der Waals surface area contributed by atoms with Gasteiger partial charge in [-0.2, -0.15) is 0 Å². The number of rotatable bonds is 4. The highest BCUT2D eigenvalue weighted by molar-refractivity contribution is 7.99. The molecule has 0 heterocycles. The zero-order valence-electron chi connectivity index (χ0n) is 11.1. The van der Waals surface area contributed by atoms with Gasteiger partial charge in [0, 0.05) is 16.2 Å². The lowest BCUT2D eigenvalue weighted by molar-refractivity contribution is 0.600. The number of aryl methyl sites for hydroxylation is 1. The molecule has 2 aromatic carbocycles. The van der Waals surface area contributed by atoms with Crippen molar-refractivity contribution >= 4 is 11.8 Å². The van der Waals surface area contributed by atoms with Crippen LogP contribution < -0.4 is 5.73 Å². The zero-order chi connectivity index (χ0) is 13.8. The maximum Gasteiger partial charge on any atom is 0.136 e. The molecule has 0 bridgehead atoms. The lowest BCUT2D eigenvalue weighted by Crippen LogP contribution is -2.23. The standard InChI is InChI=1S/C16H18FNS/c1-11-7-3-4-8-13(11)16(12(2)18)19-15-10-6-5-9-14(15)17/h3-10,12,16H,18H2,1-2H3. The highest BCUT2D eigenvalue weighted by Crippen LogP contribution is 2.39. The van der Waals surface area contributed by atoms with Crippen molar-refractivity contribution in [2.45, 2.75) is 30.0 Å². The quantitative estimate of drug-likeness (QED) is 0.841. The average Bonchev–Trinajstić information content (AvgIpc) is 2.38. The Balaban J connectivity index is 2.33. The van der Waals surface area contributed by atoms with Crippen molar-refractivity contribution in [2.75, 3.05) is 0 Å². The molecule has 0 amide bonds. The molecule has 2 unspecified atom stereocenters. The minimum atomic E-state index is -0.188. The largest absolute Gasteiger partial charge is 0.327 e. The van der Waals surface area contributed by atoms with Gasteiger partial charge in [0.15, 0.2) is 0 Å². The van der Waals surface area contributed by atoms with Crippen LogP contribution in [0.25, 0.3) is 0 Å². The summed E-state index contributed by atoms with van der Waals surface area (Å²) >= 11 is 1.49. The number of nitrogens with two attached hydrogens (primary N) is 1. The van der Waals surface area contributed by atoms with Gasteiger partial charge in [-0.05, 0) is 37.1 Å². The van der Waals surface area contributed by atoms with Gasteiger partial charge in [0.2, 0.25) is 0 Å². The zero-order valence-corrected chi connectivity index (χ0v) is 12.0. The molecule has 0 spiro atoms. The summed E-state index contributed by atoms with van der Waals surface area (Å²) in [7, 11) is 0. The van der Waals surface area contributed by atoms with E-state index in [-0.39, 0.29) is 17.1 Å². The van der Waals surface area contributed by atoms with Crippen LogP contribution in [0.2, 0.25) is 0 Å². The van der Waals surface area contributed by atoms with Gasteiger partial charge in [0.1, 0.15) is 5.82 Å². The molecule has 2 aromatic rings. The third-order valence-electron chi connectivity index (χ3n) is 3.06. The van der Waals surface area contributed by atoms with Crippen LogP contribution in [0.5, 0.6) is 0 Å².